The Kier molecular flexibility index (Phi) is 7.48. The van der Waals surface area contributed by atoms with Gasteiger partial charge in [-0.25, -0.2) is 0 Å². The van der Waals surface area contributed by atoms with Crippen LogP contribution in [0.4, 0.5) is 0 Å². The quantitative estimate of drug-likeness (QED) is 0.443. The first-order valence-corrected chi connectivity index (χ1v) is 4.64. The second-order valence-electron chi connectivity index (χ2n) is 2.95. The number of rotatable bonds is 4. The van der Waals surface area contributed by atoms with E-state index in [0.29, 0.717) is 19.4 Å². The standard InChI is InChI=1S/C11H14O3.Na/c1-2-14-11(13)7-6-9-4-3-5-10(12)8-9;/h3-5,8,12H,2,6-7H2,1H3;/q;+1/p-1. The van der Waals surface area contributed by atoms with E-state index < -0.39 is 0 Å². The Bertz CT molecular complexity index is 312. The van der Waals surface area contributed by atoms with Crippen molar-refractivity contribution in [3.8, 4) is 5.75 Å². The molecule has 0 amide bonds. The van der Waals surface area contributed by atoms with E-state index in [4.69, 9.17) is 4.74 Å². The second-order valence-corrected chi connectivity index (χ2v) is 2.95. The summed E-state index contributed by atoms with van der Waals surface area (Å²) in [6, 6.07) is 6.57. The molecule has 0 heterocycles. The predicted molar refractivity (Wildman–Crippen MR) is 50.8 cm³/mol. The van der Waals surface area contributed by atoms with E-state index in [0.717, 1.165) is 5.56 Å². The molecular weight excluding hydrogens is 203 g/mol. The molecule has 0 aliphatic heterocycles. The van der Waals surface area contributed by atoms with Gasteiger partial charge in [-0.3, -0.25) is 4.79 Å². The number of hydrogen-bond acceptors (Lipinski definition) is 3. The van der Waals surface area contributed by atoms with Crippen LogP contribution < -0.4 is 34.7 Å². The van der Waals surface area contributed by atoms with Crippen molar-refractivity contribution >= 4 is 5.97 Å². The van der Waals surface area contributed by atoms with Crippen molar-refractivity contribution in [2.45, 2.75) is 19.8 Å². The zero-order chi connectivity index (χ0) is 10.4. The Balaban J connectivity index is 0.00000196. The molecule has 76 valence electrons. The molecule has 0 radical (unpaired) electrons. The van der Waals surface area contributed by atoms with Crippen LogP contribution in [0.3, 0.4) is 0 Å². The second kappa shape index (κ2) is 7.74. The molecule has 0 saturated heterocycles. The van der Waals surface area contributed by atoms with Crippen LogP contribution in [-0.4, -0.2) is 12.6 Å². The fourth-order valence-electron chi connectivity index (χ4n) is 1.18. The van der Waals surface area contributed by atoms with E-state index in [1.54, 1.807) is 19.1 Å². The molecule has 0 unspecified atom stereocenters. The molecule has 3 nitrogen and oxygen atoms in total. The summed E-state index contributed by atoms with van der Waals surface area (Å²) < 4.78 is 4.78. The van der Waals surface area contributed by atoms with Crippen LogP contribution in [0.2, 0.25) is 0 Å². The number of esters is 1. The largest absolute Gasteiger partial charge is 1.00 e. The van der Waals surface area contributed by atoms with Gasteiger partial charge in [0, 0.05) is 6.42 Å². The molecule has 0 saturated carbocycles. The average Bonchev–Trinajstić information content (AvgIpc) is 2.15. The summed E-state index contributed by atoms with van der Waals surface area (Å²) in [5.41, 5.74) is 0.880. The van der Waals surface area contributed by atoms with Gasteiger partial charge in [0.2, 0.25) is 0 Å². The Hall–Kier alpha value is -0.510. The van der Waals surface area contributed by atoms with Crippen LogP contribution in [0, 0.1) is 0 Å². The molecule has 0 bridgehead atoms. The minimum Gasteiger partial charge on any atom is -0.872 e. The molecule has 4 heteroatoms. The van der Waals surface area contributed by atoms with Gasteiger partial charge in [-0.15, -0.1) is 5.75 Å². The summed E-state index contributed by atoms with van der Waals surface area (Å²) in [7, 11) is 0. The molecule has 0 N–H and O–H groups in total. The molecule has 0 aromatic heterocycles. The Labute approximate surface area is 112 Å². The van der Waals surface area contributed by atoms with Crippen molar-refractivity contribution in [2.75, 3.05) is 6.61 Å². The molecule has 0 fully saturated rings. The van der Waals surface area contributed by atoms with Gasteiger partial charge in [0.15, 0.2) is 0 Å². The molecule has 1 aromatic rings. The van der Waals surface area contributed by atoms with Crippen LogP contribution in [0.1, 0.15) is 18.9 Å². The average molecular weight is 216 g/mol. The van der Waals surface area contributed by atoms with Crippen molar-refractivity contribution in [3.05, 3.63) is 29.8 Å². The van der Waals surface area contributed by atoms with Crippen molar-refractivity contribution < 1.29 is 44.2 Å². The Morgan fingerprint density at radius 1 is 1.47 bits per heavy atom. The summed E-state index contributed by atoms with van der Waals surface area (Å²) in [5.74, 6) is -0.241. The molecular formula is C11H13NaO3. The number of ether oxygens (including phenoxy) is 1. The van der Waals surface area contributed by atoms with Crippen LogP contribution in [-0.2, 0) is 16.0 Å². The van der Waals surface area contributed by atoms with E-state index in [-0.39, 0.29) is 41.3 Å². The normalized spacial score (nSPS) is 9.13. The molecule has 15 heavy (non-hydrogen) atoms. The van der Waals surface area contributed by atoms with E-state index in [2.05, 4.69) is 0 Å². The zero-order valence-electron chi connectivity index (χ0n) is 9.16. The van der Waals surface area contributed by atoms with Crippen LogP contribution >= 0.6 is 0 Å². The predicted octanol–water partition coefficient (Wildman–Crippen LogP) is -1.74. The maximum absolute atomic E-state index is 11.0. The third-order valence-electron chi connectivity index (χ3n) is 1.82. The Morgan fingerprint density at radius 2 is 2.20 bits per heavy atom. The molecule has 0 atom stereocenters. The van der Waals surface area contributed by atoms with Gasteiger partial charge in [0.25, 0.3) is 0 Å². The SMILES string of the molecule is CCOC(=O)CCc1cccc([O-])c1.[Na+]. The topological polar surface area (TPSA) is 49.4 Å². The number of carbonyl (C=O) groups excluding carboxylic acids is 1. The minimum atomic E-state index is -0.219. The van der Waals surface area contributed by atoms with Gasteiger partial charge in [-0.1, -0.05) is 24.3 Å². The fraction of sp³-hybridized carbons (Fsp3) is 0.364. The number of benzene rings is 1. The monoisotopic (exact) mass is 216 g/mol. The van der Waals surface area contributed by atoms with Crippen LogP contribution in [0.5, 0.6) is 5.75 Å². The molecule has 1 aromatic carbocycles. The third-order valence-corrected chi connectivity index (χ3v) is 1.82. The van der Waals surface area contributed by atoms with Gasteiger partial charge >= 0.3 is 35.5 Å². The van der Waals surface area contributed by atoms with E-state index >= 15 is 0 Å². The maximum atomic E-state index is 11.0. The van der Waals surface area contributed by atoms with Gasteiger partial charge in [-0.2, -0.15) is 0 Å². The zero-order valence-corrected chi connectivity index (χ0v) is 11.2. The summed E-state index contributed by atoms with van der Waals surface area (Å²) in [6.45, 7) is 2.18. The van der Waals surface area contributed by atoms with Gasteiger partial charge in [0.1, 0.15) is 0 Å². The van der Waals surface area contributed by atoms with E-state index in [1.165, 1.54) is 6.07 Å². The third kappa shape index (κ3) is 5.82. The molecule has 0 spiro atoms. The molecule has 0 aliphatic carbocycles. The first-order valence-electron chi connectivity index (χ1n) is 4.64. The van der Waals surface area contributed by atoms with Gasteiger partial charge in [-0.05, 0) is 18.9 Å². The molecule has 1 rings (SSSR count). The first kappa shape index (κ1) is 14.5. The van der Waals surface area contributed by atoms with Crippen LogP contribution in [0.25, 0.3) is 0 Å². The minimum absolute atomic E-state index is 0. The van der Waals surface area contributed by atoms with Gasteiger partial charge in [0.05, 0.1) is 6.61 Å². The number of aryl methyl sites for hydroxylation is 1. The first-order chi connectivity index (χ1) is 6.72. The summed E-state index contributed by atoms with van der Waals surface area (Å²) >= 11 is 0. The van der Waals surface area contributed by atoms with Crippen molar-refractivity contribution in [1.29, 1.82) is 0 Å². The fourth-order valence-corrected chi connectivity index (χ4v) is 1.18. The number of hydrogen-bond donors (Lipinski definition) is 0. The van der Waals surface area contributed by atoms with Gasteiger partial charge < -0.3 is 9.84 Å². The Morgan fingerprint density at radius 3 is 2.80 bits per heavy atom. The van der Waals surface area contributed by atoms with Crippen molar-refractivity contribution in [2.24, 2.45) is 0 Å². The van der Waals surface area contributed by atoms with Crippen molar-refractivity contribution in [3.63, 3.8) is 0 Å². The maximum Gasteiger partial charge on any atom is 1.00 e. The van der Waals surface area contributed by atoms with Crippen molar-refractivity contribution in [1.82, 2.24) is 0 Å². The smallest absolute Gasteiger partial charge is 0.872 e. The molecule has 0 aliphatic rings. The summed E-state index contributed by atoms with van der Waals surface area (Å²) in [4.78, 5) is 11.0. The summed E-state index contributed by atoms with van der Waals surface area (Å²) in [6.07, 6.45) is 0.895. The van der Waals surface area contributed by atoms with E-state index in [9.17, 15) is 9.90 Å². The van der Waals surface area contributed by atoms with Crippen LogP contribution in [0.15, 0.2) is 24.3 Å². The number of carbonyl (C=O) groups is 1. The summed E-state index contributed by atoms with van der Waals surface area (Å²) in [5, 5.41) is 10.9. The van der Waals surface area contributed by atoms with E-state index in [1.807, 2.05) is 6.07 Å².